The molecule has 20 heavy (non-hydrogen) atoms. The molecule has 2 aromatic rings. The molecule has 0 aliphatic heterocycles. The van der Waals surface area contributed by atoms with Crippen LogP contribution in [0.1, 0.15) is 29.7 Å². The molecule has 0 atom stereocenters. The minimum atomic E-state index is -0.160. The van der Waals surface area contributed by atoms with Crippen LogP contribution in [-0.4, -0.2) is 10.9 Å². The van der Waals surface area contributed by atoms with Gasteiger partial charge < -0.3 is 10.2 Å². The fourth-order valence-corrected chi connectivity index (χ4v) is 2.45. The van der Waals surface area contributed by atoms with Gasteiger partial charge in [0, 0.05) is 24.7 Å². The molecule has 3 nitrogen and oxygen atoms in total. The lowest BCUT2D eigenvalue weighted by molar-refractivity contribution is 0.222. The number of nitrogens with two attached hydrogens (primary N) is 1. The maximum Gasteiger partial charge on any atom is 0.127 e. The summed E-state index contributed by atoms with van der Waals surface area (Å²) in [5.74, 6) is 0.764. The van der Waals surface area contributed by atoms with Crippen molar-refractivity contribution in [2.45, 2.75) is 38.5 Å². The Labute approximate surface area is 118 Å². The molecule has 0 spiro atoms. The summed E-state index contributed by atoms with van der Waals surface area (Å²) in [6.45, 7) is 1.77. The monoisotopic (exact) mass is 274 g/mol. The Morgan fingerprint density at radius 1 is 1.25 bits per heavy atom. The first-order valence-electron chi connectivity index (χ1n) is 7.00. The summed E-state index contributed by atoms with van der Waals surface area (Å²) in [5, 5.41) is 0. The van der Waals surface area contributed by atoms with Gasteiger partial charge in [-0.2, -0.15) is 0 Å². The van der Waals surface area contributed by atoms with Gasteiger partial charge in [0.2, 0.25) is 0 Å². The number of halogens is 1. The van der Waals surface area contributed by atoms with Crippen LogP contribution in [0, 0.1) is 5.82 Å². The minimum absolute atomic E-state index is 0.160. The summed E-state index contributed by atoms with van der Waals surface area (Å²) in [7, 11) is 0. The highest BCUT2D eigenvalue weighted by molar-refractivity contribution is 5.25. The fraction of sp³-hybridized carbons (Fsp3) is 0.375. The zero-order chi connectivity index (χ0) is 13.9. The quantitative estimate of drug-likeness (QED) is 0.880. The number of hydrogen-bond acceptors (Lipinski definition) is 3. The highest BCUT2D eigenvalue weighted by Gasteiger charge is 2.30. The maximum absolute atomic E-state index is 13.9. The van der Waals surface area contributed by atoms with Crippen molar-refractivity contribution in [3.8, 4) is 0 Å². The van der Waals surface area contributed by atoms with Gasteiger partial charge >= 0.3 is 0 Å². The second kappa shape index (κ2) is 5.77. The summed E-state index contributed by atoms with van der Waals surface area (Å²) in [5.41, 5.74) is 7.31. The molecule has 106 valence electrons. The van der Waals surface area contributed by atoms with Crippen LogP contribution >= 0.6 is 0 Å². The van der Waals surface area contributed by atoms with Crippen molar-refractivity contribution in [1.29, 1.82) is 0 Å². The van der Waals surface area contributed by atoms with E-state index in [2.05, 4.69) is 4.90 Å². The van der Waals surface area contributed by atoms with Gasteiger partial charge in [-0.25, -0.2) is 4.39 Å². The van der Waals surface area contributed by atoms with Crippen LogP contribution in [0.3, 0.4) is 0 Å². The van der Waals surface area contributed by atoms with Crippen molar-refractivity contribution < 1.29 is 8.81 Å². The number of furan rings is 1. The van der Waals surface area contributed by atoms with Gasteiger partial charge in [0.05, 0.1) is 12.8 Å². The minimum Gasteiger partial charge on any atom is -0.468 e. The van der Waals surface area contributed by atoms with Crippen molar-refractivity contribution >= 4 is 0 Å². The molecule has 0 amide bonds. The molecule has 1 aliphatic carbocycles. The molecule has 0 radical (unpaired) electrons. The van der Waals surface area contributed by atoms with Crippen molar-refractivity contribution in [2.75, 3.05) is 0 Å². The molecule has 4 heteroatoms. The second-order valence-electron chi connectivity index (χ2n) is 5.35. The van der Waals surface area contributed by atoms with Gasteiger partial charge in [-0.15, -0.1) is 0 Å². The Bertz CT molecular complexity index is 564. The number of hydrogen-bond donors (Lipinski definition) is 1. The van der Waals surface area contributed by atoms with Crippen molar-refractivity contribution in [1.82, 2.24) is 4.90 Å². The van der Waals surface area contributed by atoms with Crippen LogP contribution < -0.4 is 5.73 Å². The Morgan fingerprint density at radius 2 is 2.10 bits per heavy atom. The highest BCUT2D eigenvalue weighted by Crippen LogP contribution is 2.30. The molecule has 1 aliphatic rings. The fourth-order valence-electron chi connectivity index (χ4n) is 2.45. The van der Waals surface area contributed by atoms with Crippen molar-refractivity contribution in [3.05, 3.63) is 59.3 Å². The van der Waals surface area contributed by atoms with Crippen LogP contribution in [-0.2, 0) is 19.6 Å². The van der Waals surface area contributed by atoms with Gasteiger partial charge in [-0.05, 0) is 36.6 Å². The summed E-state index contributed by atoms with van der Waals surface area (Å²) in [4.78, 5) is 2.28. The first kappa shape index (κ1) is 13.3. The molecular formula is C16H19FN2O. The smallest absolute Gasteiger partial charge is 0.127 e. The van der Waals surface area contributed by atoms with E-state index in [0.717, 1.165) is 17.9 Å². The van der Waals surface area contributed by atoms with E-state index in [1.807, 2.05) is 18.2 Å². The third-order valence-electron chi connectivity index (χ3n) is 3.72. The Kier molecular flexibility index (Phi) is 3.85. The second-order valence-corrected chi connectivity index (χ2v) is 5.35. The summed E-state index contributed by atoms with van der Waals surface area (Å²) >= 11 is 0. The highest BCUT2D eigenvalue weighted by atomic mass is 19.1. The molecule has 2 N–H and O–H groups in total. The standard InChI is InChI=1S/C16H19FN2O/c17-16-6-3-12(9-18)8-13(16)10-19(14-4-5-14)11-15-2-1-7-20-15/h1-3,6-8,14H,4-5,9-11,18H2. The topological polar surface area (TPSA) is 42.4 Å². The summed E-state index contributed by atoms with van der Waals surface area (Å²) < 4.78 is 19.3. The van der Waals surface area contributed by atoms with Gasteiger partial charge in [-0.1, -0.05) is 12.1 Å². The molecule has 0 saturated heterocycles. The molecule has 1 heterocycles. The molecule has 1 saturated carbocycles. The third kappa shape index (κ3) is 3.08. The Hall–Kier alpha value is -1.65. The van der Waals surface area contributed by atoms with Crippen LogP contribution in [0.25, 0.3) is 0 Å². The number of nitrogens with zero attached hydrogens (tertiary/aromatic N) is 1. The van der Waals surface area contributed by atoms with Crippen LogP contribution in [0.15, 0.2) is 41.0 Å². The van der Waals surface area contributed by atoms with Crippen LogP contribution in [0.5, 0.6) is 0 Å². The van der Waals surface area contributed by atoms with Crippen LogP contribution in [0.4, 0.5) is 4.39 Å². The SMILES string of the molecule is NCc1ccc(F)c(CN(Cc2ccco2)C2CC2)c1. The van der Waals surface area contributed by atoms with E-state index in [9.17, 15) is 4.39 Å². The van der Waals surface area contributed by atoms with E-state index in [0.29, 0.717) is 24.7 Å². The van der Waals surface area contributed by atoms with E-state index >= 15 is 0 Å². The summed E-state index contributed by atoms with van der Waals surface area (Å²) in [6.07, 6.45) is 4.04. The normalized spacial score (nSPS) is 14.9. The van der Waals surface area contributed by atoms with Gasteiger partial charge in [0.15, 0.2) is 0 Å². The van der Waals surface area contributed by atoms with Crippen molar-refractivity contribution in [2.24, 2.45) is 5.73 Å². The van der Waals surface area contributed by atoms with E-state index < -0.39 is 0 Å². The average Bonchev–Trinajstić information content (AvgIpc) is 3.18. The third-order valence-corrected chi connectivity index (χ3v) is 3.72. The average molecular weight is 274 g/mol. The molecular weight excluding hydrogens is 255 g/mol. The van der Waals surface area contributed by atoms with Gasteiger partial charge in [0.25, 0.3) is 0 Å². The molecule has 1 aromatic carbocycles. The van der Waals surface area contributed by atoms with E-state index in [-0.39, 0.29) is 5.82 Å². The summed E-state index contributed by atoms with van der Waals surface area (Å²) in [6, 6.07) is 9.51. The number of benzene rings is 1. The lowest BCUT2D eigenvalue weighted by Gasteiger charge is -2.21. The van der Waals surface area contributed by atoms with Gasteiger partial charge in [0.1, 0.15) is 11.6 Å². The van der Waals surface area contributed by atoms with E-state index in [4.69, 9.17) is 10.2 Å². The first-order valence-corrected chi connectivity index (χ1v) is 7.00. The largest absolute Gasteiger partial charge is 0.468 e. The molecule has 3 rings (SSSR count). The first-order chi connectivity index (χ1) is 9.76. The van der Waals surface area contributed by atoms with Crippen molar-refractivity contribution in [3.63, 3.8) is 0 Å². The van der Waals surface area contributed by atoms with E-state index in [1.54, 1.807) is 12.3 Å². The lowest BCUT2D eigenvalue weighted by Crippen LogP contribution is -2.25. The number of rotatable bonds is 6. The molecule has 0 unspecified atom stereocenters. The Morgan fingerprint density at radius 3 is 2.75 bits per heavy atom. The molecule has 1 fully saturated rings. The van der Waals surface area contributed by atoms with E-state index in [1.165, 1.54) is 18.9 Å². The van der Waals surface area contributed by atoms with Gasteiger partial charge in [-0.3, -0.25) is 4.90 Å². The van der Waals surface area contributed by atoms with Crippen LogP contribution in [0.2, 0.25) is 0 Å². The molecule has 1 aromatic heterocycles. The predicted molar refractivity (Wildman–Crippen MR) is 75.3 cm³/mol. The zero-order valence-electron chi connectivity index (χ0n) is 11.4. The lowest BCUT2D eigenvalue weighted by atomic mass is 10.1. The molecule has 0 bridgehead atoms. The zero-order valence-corrected chi connectivity index (χ0v) is 11.4. The predicted octanol–water partition coefficient (Wildman–Crippen LogP) is 3.04. The maximum atomic E-state index is 13.9. The Balaban J connectivity index is 1.76.